The monoisotopic (exact) mass is 381 g/mol. The lowest BCUT2D eigenvalue weighted by molar-refractivity contribution is 0.0602. The van der Waals surface area contributed by atoms with E-state index in [1.165, 1.54) is 19.2 Å². The van der Waals surface area contributed by atoms with Crippen LogP contribution in [0.3, 0.4) is 0 Å². The molecular weight excluding hydrogens is 354 g/mol. The number of carbonyl (C=O) groups is 2. The van der Waals surface area contributed by atoms with Gasteiger partial charge >= 0.3 is 5.97 Å². The average molecular weight is 381 g/mol. The number of pyridine rings is 1. The molecule has 6 heteroatoms. The molecule has 6 nitrogen and oxygen atoms in total. The van der Waals surface area contributed by atoms with Crippen LogP contribution in [0.1, 0.15) is 52.6 Å². The molecule has 0 saturated heterocycles. The zero-order valence-corrected chi connectivity index (χ0v) is 16.5. The van der Waals surface area contributed by atoms with Gasteiger partial charge in [-0.05, 0) is 36.8 Å². The molecule has 28 heavy (non-hydrogen) atoms. The molecule has 2 aromatic rings. The quantitative estimate of drug-likeness (QED) is 0.221. The minimum Gasteiger partial charge on any atom is -0.465 e. The Kier molecular flexibility index (Phi) is 7.75. The number of nitrogens with two attached hydrogens (primary N) is 1. The second-order valence-electron chi connectivity index (χ2n) is 6.47. The van der Waals surface area contributed by atoms with Crippen molar-refractivity contribution in [3.05, 3.63) is 66.0 Å². The smallest absolute Gasteiger partial charge is 0.339 e. The summed E-state index contributed by atoms with van der Waals surface area (Å²) in [5.74, 6) is -0.861. The van der Waals surface area contributed by atoms with E-state index in [2.05, 4.69) is 23.4 Å². The van der Waals surface area contributed by atoms with Gasteiger partial charge in [0.25, 0.3) is 0 Å². The van der Waals surface area contributed by atoms with Crippen LogP contribution < -0.4 is 10.6 Å². The van der Waals surface area contributed by atoms with E-state index in [0.717, 1.165) is 38.0 Å². The molecule has 0 unspecified atom stereocenters. The lowest BCUT2D eigenvalue weighted by Crippen LogP contribution is -2.24. The number of nitrogens with zero attached hydrogens (tertiary/aromatic N) is 2. The molecule has 1 heterocycles. The third kappa shape index (κ3) is 5.19. The molecule has 0 aliphatic rings. The zero-order chi connectivity index (χ0) is 20.5. The van der Waals surface area contributed by atoms with E-state index >= 15 is 0 Å². The summed E-state index contributed by atoms with van der Waals surface area (Å²) in [6.45, 7) is 7.61. The van der Waals surface area contributed by atoms with Crippen LogP contribution in [0.4, 0.5) is 11.4 Å². The molecule has 0 spiro atoms. The Morgan fingerprint density at radius 1 is 1.25 bits per heavy atom. The van der Waals surface area contributed by atoms with Crippen molar-refractivity contribution < 1.29 is 14.3 Å². The van der Waals surface area contributed by atoms with Crippen LogP contribution in [-0.4, -0.2) is 36.9 Å². The maximum atomic E-state index is 12.8. The SMILES string of the molecule is C=CCN(CCCCC)c1ccc(C(=O)c2ccc(N)c(C(=O)OC)c2)nc1. The number of aromatic nitrogens is 1. The first kappa shape index (κ1) is 21.2. The molecule has 1 aromatic carbocycles. The molecular formula is C22H27N3O3. The molecule has 2 N–H and O–H groups in total. The third-order valence-electron chi connectivity index (χ3n) is 4.45. The summed E-state index contributed by atoms with van der Waals surface area (Å²) in [7, 11) is 1.27. The maximum absolute atomic E-state index is 12.8. The molecule has 0 amide bonds. The second kappa shape index (κ2) is 10.3. The number of hydrogen-bond donors (Lipinski definition) is 1. The highest BCUT2D eigenvalue weighted by Crippen LogP contribution is 2.19. The first-order chi connectivity index (χ1) is 13.5. The predicted molar refractivity (Wildman–Crippen MR) is 112 cm³/mol. The molecule has 1 aromatic heterocycles. The Balaban J connectivity index is 2.21. The number of nitrogen functional groups attached to an aromatic ring is 1. The van der Waals surface area contributed by atoms with Gasteiger partial charge in [-0.2, -0.15) is 0 Å². The van der Waals surface area contributed by atoms with Gasteiger partial charge in [0.2, 0.25) is 5.78 Å². The average Bonchev–Trinajstić information content (AvgIpc) is 2.72. The molecule has 0 fully saturated rings. The number of methoxy groups -OCH3 is 1. The van der Waals surface area contributed by atoms with Gasteiger partial charge < -0.3 is 15.4 Å². The molecule has 0 radical (unpaired) electrons. The highest BCUT2D eigenvalue weighted by molar-refractivity contribution is 6.09. The molecule has 148 valence electrons. The minimum atomic E-state index is -0.581. The van der Waals surface area contributed by atoms with Crippen LogP contribution in [0.2, 0.25) is 0 Å². The third-order valence-corrected chi connectivity index (χ3v) is 4.45. The zero-order valence-electron chi connectivity index (χ0n) is 16.5. The van der Waals surface area contributed by atoms with Gasteiger partial charge in [0.15, 0.2) is 0 Å². The Bertz CT molecular complexity index is 831. The molecule has 0 bridgehead atoms. The first-order valence-corrected chi connectivity index (χ1v) is 9.36. The topological polar surface area (TPSA) is 85.5 Å². The Morgan fingerprint density at radius 3 is 2.64 bits per heavy atom. The standard InChI is InChI=1S/C22H27N3O3/c1-4-6-7-13-25(12-5-2)17-9-11-20(24-15-17)21(26)16-8-10-19(23)18(14-16)22(27)28-3/h5,8-11,14-15H,2,4,6-7,12-13,23H2,1,3H3. The second-order valence-corrected chi connectivity index (χ2v) is 6.47. The van der Waals surface area contributed by atoms with Gasteiger partial charge in [-0.1, -0.05) is 25.8 Å². The van der Waals surface area contributed by atoms with Crippen molar-refractivity contribution in [2.75, 3.05) is 30.8 Å². The normalized spacial score (nSPS) is 10.4. The number of rotatable bonds is 10. The number of carbonyl (C=O) groups excluding carboxylic acids is 2. The maximum Gasteiger partial charge on any atom is 0.339 e. The van der Waals surface area contributed by atoms with Crippen LogP contribution in [-0.2, 0) is 4.74 Å². The van der Waals surface area contributed by atoms with Crippen molar-refractivity contribution in [2.24, 2.45) is 0 Å². The minimum absolute atomic E-state index is 0.165. The number of ether oxygens (including phenoxy) is 1. The summed E-state index contributed by atoms with van der Waals surface area (Å²) < 4.78 is 4.70. The molecule has 0 aliphatic heterocycles. The molecule has 0 saturated carbocycles. The fourth-order valence-corrected chi connectivity index (χ4v) is 2.87. The van der Waals surface area contributed by atoms with Crippen molar-refractivity contribution in [2.45, 2.75) is 26.2 Å². The van der Waals surface area contributed by atoms with Crippen molar-refractivity contribution in [3.63, 3.8) is 0 Å². The van der Waals surface area contributed by atoms with Crippen LogP contribution >= 0.6 is 0 Å². The lowest BCUT2D eigenvalue weighted by atomic mass is 10.0. The van der Waals surface area contributed by atoms with E-state index in [9.17, 15) is 9.59 Å². The molecule has 0 aliphatic carbocycles. The van der Waals surface area contributed by atoms with Crippen LogP contribution in [0.5, 0.6) is 0 Å². The van der Waals surface area contributed by atoms with E-state index in [-0.39, 0.29) is 17.0 Å². The Labute approximate surface area is 166 Å². The van der Waals surface area contributed by atoms with E-state index in [1.807, 2.05) is 12.1 Å². The van der Waals surface area contributed by atoms with Crippen molar-refractivity contribution in [3.8, 4) is 0 Å². The number of esters is 1. The van der Waals surface area contributed by atoms with Crippen molar-refractivity contribution in [1.29, 1.82) is 0 Å². The van der Waals surface area contributed by atoms with Crippen LogP contribution in [0.15, 0.2) is 49.2 Å². The van der Waals surface area contributed by atoms with E-state index in [4.69, 9.17) is 10.5 Å². The first-order valence-electron chi connectivity index (χ1n) is 9.36. The summed E-state index contributed by atoms with van der Waals surface area (Å²) in [5, 5.41) is 0. The lowest BCUT2D eigenvalue weighted by Gasteiger charge is -2.23. The predicted octanol–water partition coefficient (Wildman–Crippen LogP) is 3.86. The largest absolute Gasteiger partial charge is 0.465 e. The van der Waals surface area contributed by atoms with Crippen LogP contribution in [0, 0.1) is 0 Å². The summed E-state index contributed by atoms with van der Waals surface area (Å²) in [5.41, 5.74) is 7.80. The molecule has 2 rings (SSSR count). The number of hydrogen-bond acceptors (Lipinski definition) is 6. The molecule has 0 atom stereocenters. The Morgan fingerprint density at radius 2 is 2.04 bits per heavy atom. The van der Waals surface area contributed by atoms with E-state index in [0.29, 0.717) is 11.3 Å². The van der Waals surface area contributed by atoms with Crippen molar-refractivity contribution in [1.82, 2.24) is 4.98 Å². The van der Waals surface area contributed by atoms with Gasteiger partial charge in [-0.15, -0.1) is 6.58 Å². The van der Waals surface area contributed by atoms with Gasteiger partial charge in [0.1, 0.15) is 5.69 Å². The van der Waals surface area contributed by atoms with E-state index in [1.54, 1.807) is 18.3 Å². The summed E-state index contributed by atoms with van der Waals surface area (Å²) >= 11 is 0. The van der Waals surface area contributed by atoms with Gasteiger partial charge in [-0.3, -0.25) is 9.78 Å². The fourth-order valence-electron chi connectivity index (χ4n) is 2.87. The highest BCUT2D eigenvalue weighted by atomic mass is 16.5. The van der Waals surface area contributed by atoms with Gasteiger partial charge in [0.05, 0.1) is 24.6 Å². The van der Waals surface area contributed by atoms with Crippen molar-refractivity contribution >= 4 is 23.1 Å². The van der Waals surface area contributed by atoms with Crippen LogP contribution in [0.25, 0.3) is 0 Å². The highest BCUT2D eigenvalue weighted by Gasteiger charge is 2.17. The number of benzene rings is 1. The Hall–Kier alpha value is -3.15. The number of anilines is 2. The fraction of sp³-hybridized carbons (Fsp3) is 0.318. The number of unbranched alkanes of at least 4 members (excludes halogenated alkanes) is 2. The van der Waals surface area contributed by atoms with Gasteiger partial charge in [-0.25, -0.2) is 4.79 Å². The van der Waals surface area contributed by atoms with Gasteiger partial charge in [0, 0.05) is 24.3 Å². The number of ketones is 1. The summed E-state index contributed by atoms with van der Waals surface area (Å²) in [4.78, 5) is 31.1. The van der Waals surface area contributed by atoms with E-state index < -0.39 is 5.97 Å². The summed E-state index contributed by atoms with van der Waals surface area (Å²) in [6, 6.07) is 8.12. The summed E-state index contributed by atoms with van der Waals surface area (Å²) in [6.07, 6.45) is 6.96.